The third kappa shape index (κ3) is 4.99. The summed E-state index contributed by atoms with van der Waals surface area (Å²) in [6.45, 7) is 12.2. The number of hydrogen-bond acceptors (Lipinski definition) is 1. The quantitative estimate of drug-likeness (QED) is 0.780. The van der Waals surface area contributed by atoms with Gasteiger partial charge in [-0.05, 0) is 55.0 Å². The molecule has 0 aliphatic rings. The highest BCUT2D eigenvalue weighted by atomic mass is 35.5. The van der Waals surface area contributed by atoms with Gasteiger partial charge >= 0.3 is 0 Å². The van der Waals surface area contributed by atoms with E-state index in [4.69, 9.17) is 11.6 Å². The maximum absolute atomic E-state index is 6.03. The van der Waals surface area contributed by atoms with Crippen LogP contribution in [0.4, 0.5) is 0 Å². The fourth-order valence-electron chi connectivity index (χ4n) is 2.22. The smallest absolute Gasteiger partial charge is 0.0408 e. The average Bonchev–Trinajstić information content (AvgIpc) is 2.24. The molecule has 1 N–H and O–H groups in total. The third-order valence-electron chi connectivity index (χ3n) is 3.24. The van der Waals surface area contributed by atoms with E-state index in [1.54, 1.807) is 0 Å². The first-order valence-corrected chi connectivity index (χ1v) is 7.20. The number of hydrogen-bond donors (Lipinski definition) is 1. The zero-order valence-corrected chi connectivity index (χ0v) is 13.1. The van der Waals surface area contributed by atoms with Crippen LogP contribution < -0.4 is 5.32 Å². The normalized spacial score (nSPS) is 13.7. The molecular formula is C16H26ClN. The molecule has 1 atom stereocenters. The van der Waals surface area contributed by atoms with Gasteiger partial charge in [0, 0.05) is 11.1 Å². The Morgan fingerprint density at radius 3 is 2.44 bits per heavy atom. The molecule has 1 nitrogen and oxygen atoms in total. The molecule has 0 amide bonds. The van der Waals surface area contributed by atoms with E-state index in [1.807, 2.05) is 6.07 Å². The summed E-state index contributed by atoms with van der Waals surface area (Å²) in [6.07, 6.45) is 2.38. The van der Waals surface area contributed by atoms with Crippen LogP contribution in [0.25, 0.3) is 0 Å². The van der Waals surface area contributed by atoms with Crippen molar-refractivity contribution in [3.63, 3.8) is 0 Å². The number of aryl methyl sites for hydroxylation is 1. The van der Waals surface area contributed by atoms with Gasteiger partial charge in [-0.3, -0.25) is 0 Å². The Kier molecular flexibility index (Phi) is 5.68. The number of rotatable bonds is 5. The zero-order valence-electron chi connectivity index (χ0n) is 12.3. The molecule has 0 aromatic heterocycles. The highest BCUT2D eigenvalue weighted by Gasteiger charge is 2.17. The van der Waals surface area contributed by atoms with E-state index in [-0.39, 0.29) is 0 Å². The van der Waals surface area contributed by atoms with Crippen LogP contribution >= 0.6 is 11.6 Å². The monoisotopic (exact) mass is 267 g/mol. The third-order valence-corrected chi connectivity index (χ3v) is 3.48. The molecule has 18 heavy (non-hydrogen) atoms. The molecule has 1 rings (SSSR count). The molecule has 102 valence electrons. The Labute approximate surface area is 117 Å². The van der Waals surface area contributed by atoms with Crippen molar-refractivity contribution < 1.29 is 0 Å². The summed E-state index contributed by atoms with van der Waals surface area (Å²) in [5.41, 5.74) is 3.04. The largest absolute Gasteiger partial charge is 0.310 e. The lowest BCUT2D eigenvalue weighted by molar-refractivity contribution is 0.333. The SMILES string of the molecule is CCNC(CCC(C)(C)C)c1ccc(Cl)cc1C. The molecule has 0 bridgehead atoms. The van der Waals surface area contributed by atoms with Crippen LogP contribution in [-0.4, -0.2) is 6.54 Å². The van der Waals surface area contributed by atoms with Crippen molar-refractivity contribution in [2.24, 2.45) is 5.41 Å². The molecule has 0 aliphatic heterocycles. The van der Waals surface area contributed by atoms with Crippen molar-refractivity contribution >= 4 is 11.6 Å². The summed E-state index contributed by atoms with van der Waals surface area (Å²) >= 11 is 6.03. The Bertz CT molecular complexity index is 379. The molecule has 0 heterocycles. The predicted octanol–water partition coefficient (Wildman–Crippen LogP) is 5.13. The highest BCUT2D eigenvalue weighted by molar-refractivity contribution is 6.30. The minimum Gasteiger partial charge on any atom is -0.310 e. The van der Waals surface area contributed by atoms with Crippen LogP contribution in [0.1, 0.15) is 57.7 Å². The van der Waals surface area contributed by atoms with Gasteiger partial charge in [0.1, 0.15) is 0 Å². The fraction of sp³-hybridized carbons (Fsp3) is 0.625. The van der Waals surface area contributed by atoms with Crippen LogP contribution in [0.3, 0.4) is 0 Å². The van der Waals surface area contributed by atoms with Crippen LogP contribution in [0, 0.1) is 12.3 Å². The maximum atomic E-state index is 6.03. The Morgan fingerprint density at radius 2 is 1.94 bits per heavy atom. The lowest BCUT2D eigenvalue weighted by Gasteiger charge is -2.25. The van der Waals surface area contributed by atoms with Crippen molar-refractivity contribution in [2.45, 2.75) is 53.5 Å². The molecule has 0 saturated heterocycles. The van der Waals surface area contributed by atoms with Crippen LogP contribution in [0.5, 0.6) is 0 Å². The first-order chi connectivity index (χ1) is 8.33. The van der Waals surface area contributed by atoms with Crippen LogP contribution in [0.2, 0.25) is 5.02 Å². The van der Waals surface area contributed by atoms with Gasteiger partial charge in [0.15, 0.2) is 0 Å². The van der Waals surface area contributed by atoms with Gasteiger partial charge in [-0.25, -0.2) is 0 Å². The molecule has 2 heteroatoms. The van der Waals surface area contributed by atoms with E-state index in [0.717, 1.165) is 11.6 Å². The standard InChI is InChI=1S/C16H26ClN/c1-6-18-15(9-10-16(3,4)5)14-8-7-13(17)11-12(14)2/h7-8,11,15,18H,6,9-10H2,1-5H3. The lowest BCUT2D eigenvalue weighted by Crippen LogP contribution is -2.23. The number of halogens is 1. The summed E-state index contributed by atoms with van der Waals surface area (Å²) in [4.78, 5) is 0. The second-order valence-corrected chi connectivity index (χ2v) is 6.65. The van der Waals surface area contributed by atoms with Gasteiger partial charge in [-0.2, -0.15) is 0 Å². The van der Waals surface area contributed by atoms with Crippen LogP contribution in [0.15, 0.2) is 18.2 Å². The molecule has 1 unspecified atom stereocenters. The van der Waals surface area contributed by atoms with Gasteiger partial charge in [0.25, 0.3) is 0 Å². The number of nitrogens with one attached hydrogen (secondary N) is 1. The van der Waals surface area contributed by atoms with E-state index in [2.05, 4.69) is 52.1 Å². The zero-order chi connectivity index (χ0) is 13.8. The van der Waals surface area contributed by atoms with E-state index >= 15 is 0 Å². The molecule has 0 spiro atoms. The van der Waals surface area contributed by atoms with E-state index in [0.29, 0.717) is 11.5 Å². The molecule has 1 aromatic carbocycles. The summed E-state index contributed by atoms with van der Waals surface area (Å²) in [5.74, 6) is 0. The Morgan fingerprint density at radius 1 is 1.28 bits per heavy atom. The molecule has 1 aromatic rings. The van der Waals surface area contributed by atoms with Crippen molar-refractivity contribution in [1.82, 2.24) is 5.32 Å². The predicted molar refractivity (Wildman–Crippen MR) is 81.3 cm³/mol. The fourth-order valence-corrected chi connectivity index (χ4v) is 2.45. The number of benzene rings is 1. The first kappa shape index (κ1) is 15.5. The molecule has 0 radical (unpaired) electrons. The minimum absolute atomic E-state index is 0.383. The average molecular weight is 268 g/mol. The van der Waals surface area contributed by atoms with Crippen LogP contribution in [-0.2, 0) is 0 Å². The van der Waals surface area contributed by atoms with Crippen molar-refractivity contribution in [2.75, 3.05) is 6.54 Å². The molecule has 0 aliphatic carbocycles. The maximum Gasteiger partial charge on any atom is 0.0408 e. The Balaban J connectivity index is 2.83. The lowest BCUT2D eigenvalue weighted by atomic mass is 9.86. The highest BCUT2D eigenvalue weighted by Crippen LogP contribution is 2.29. The van der Waals surface area contributed by atoms with E-state index < -0.39 is 0 Å². The van der Waals surface area contributed by atoms with Gasteiger partial charge < -0.3 is 5.32 Å². The summed E-state index contributed by atoms with van der Waals surface area (Å²) in [7, 11) is 0. The first-order valence-electron chi connectivity index (χ1n) is 6.83. The minimum atomic E-state index is 0.383. The second-order valence-electron chi connectivity index (χ2n) is 6.21. The molecule has 0 fully saturated rings. The summed E-state index contributed by atoms with van der Waals surface area (Å²) in [5, 5.41) is 4.41. The van der Waals surface area contributed by atoms with Gasteiger partial charge in [0.05, 0.1) is 0 Å². The van der Waals surface area contributed by atoms with Crippen molar-refractivity contribution in [3.05, 3.63) is 34.3 Å². The molecule has 0 saturated carbocycles. The molecular weight excluding hydrogens is 242 g/mol. The summed E-state index contributed by atoms with van der Waals surface area (Å²) < 4.78 is 0. The van der Waals surface area contributed by atoms with Gasteiger partial charge in [-0.15, -0.1) is 0 Å². The topological polar surface area (TPSA) is 12.0 Å². The second kappa shape index (κ2) is 6.58. The van der Waals surface area contributed by atoms with Gasteiger partial charge in [-0.1, -0.05) is 45.4 Å². The van der Waals surface area contributed by atoms with E-state index in [9.17, 15) is 0 Å². The Hall–Kier alpha value is -0.530. The van der Waals surface area contributed by atoms with Gasteiger partial charge in [0.2, 0.25) is 0 Å². The van der Waals surface area contributed by atoms with Crippen molar-refractivity contribution in [1.29, 1.82) is 0 Å². The summed E-state index contributed by atoms with van der Waals surface area (Å²) in [6, 6.07) is 6.64. The van der Waals surface area contributed by atoms with Crippen molar-refractivity contribution in [3.8, 4) is 0 Å². The van der Waals surface area contributed by atoms with E-state index in [1.165, 1.54) is 24.0 Å².